The molecule has 1 fully saturated rings. The lowest BCUT2D eigenvalue weighted by Gasteiger charge is -2.36. The van der Waals surface area contributed by atoms with Gasteiger partial charge < -0.3 is 4.74 Å². The summed E-state index contributed by atoms with van der Waals surface area (Å²) in [6.07, 6.45) is 5.02. The van der Waals surface area contributed by atoms with Gasteiger partial charge in [0.25, 0.3) is 0 Å². The van der Waals surface area contributed by atoms with Crippen LogP contribution in [-0.4, -0.2) is 18.8 Å². The highest BCUT2D eigenvalue weighted by Crippen LogP contribution is 2.36. The summed E-state index contributed by atoms with van der Waals surface area (Å²) < 4.78 is 18.9. The minimum absolute atomic E-state index is 0.0202. The summed E-state index contributed by atoms with van der Waals surface area (Å²) in [6.45, 7) is 0. The molecule has 1 aromatic carbocycles. The fourth-order valence-electron chi connectivity index (χ4n) is 2.96. The lowest BCUT2D eigenvalue weighted by atomic mass is 9.88. The summed E-state index contributed by atoms with van der Waals surface area (Å²) in [4.78, 5) is 0. The molecule has 0 heterocycles. The Morgan fingerprint density at radius 1 is 1.44 bits per heavy atom. The summed E-state index contributed by atoms with van der Waals surface area (Å²) in [6, 6.07) is 6.68. The smallest absolute Gasteiger partial charge is 0.123 e. The molecule has 0 aromatic heterocycles. The number of hydrogen-bond donors (Lipinski definition) is 2. The SMILES string of the molecule is COC1(C(Cc2cccc(F)c2)NN)CCCC1. The van der Waals surface area contributed by atoms with E-state index in [4.69, 9.17) is 10.6 Å². The van der Waals surface area contributed by atoms with Crippen molar-refractivity contribution in [3.8, 4) is 0 Å². The normalized spacial score (nSPS) is 19.9. The number of hydrazine groups is 1. The molecule has 1 aliphatic carbocycles. The molecule has 1 atom stereocenters. The molecule has 1 unspecified atom stereocenters. The first-order chi connectivity index (χ1) is 8.70. The minimum atomic E-state index is -0.207. The van der Waals surface area contributed by atoms with Gasteiger partial charge in [-0.1, -0.05) is 25.0 Å². The lowest BCUT2D eigenvalue weighted by molar-refractivity contribution is -0.0356. The highest BCUT2D eigenvalue weighted by molar-refractivity contribution is 5.19. The Bertz CT molecular complexity index is 391. The first-order valence-corrected chi connectivity index (χ1v) is 6.46. The van der Waals surface area contributed by atoms with Crippen LogP contribution in [0.1, 0.15) is 31.2 Å². The summed E-state index contributed by atoms with van der Waals surface area (Å²) in [7, 11) is 1.74. The topological polar surface area (TPSA) is 47.3 Å². The molecule has 18 heavy (non-hydrogen) atoms. The molecule has 1 aliphatic rings. The number of halogens is 1. The predicted molar refractivity (Wildman–Crippen MR) is 69.4 cm³/mol. The van der Waals surface area contributed by atoms with Gasteiger partial charge >= 0.3 is 0 Å². The van der Waals surface area contributed by atoms with E-state index in [1.165, 1.54) is 6.07 Å². The van der Waals surface area contributed by atoms with E-state index in [9.17, 15) is 4.39 Å². The average molecular weight is 252 g/mol. The number of nitrogens with one attached hydrogen (secondary N) is 1. The molecule has 0 saturated heterocycles. The molecular weight excluding hydrogens is 231 g/mol. The zero-order valence-corrected chi connectivity index (χ0v) is 10.8. The quantitative estimate of drug-likeness (QED) is 0.623. The summed E-state index contributed by atoms with van der Waals surface area (Å²) in [5.41, 5.74) is 3.59. The zero-order valence-electron chi connectivity index (χ0n) is 10.8. The second-order valence-corrected chi connectivity index (χ2v) is 5.03. The van der Waals surface area contributed by atoms with Crippen molar-refractivity contribution in [2.24, 2.45) is 5.84 Å². The van der Waals surface area contributed by atoms with Gasteiger partial charge in [0.05, 0.1) is 11.6 Å². The standard InChI is InChI=1S/C14H21FN2O/c1-18-14(7-2-3-8-14)13(17-16)10-11-5-4-6-12(15)9-11/h4-6,9,13,17H,2-3,7-8,10,16H2,1H3. The number of hydrogen-bond acceptors (Lipinski definition) is 3. The van der Waals surface area contributed by atoms with Crippen molar-refractivity contribution in [2.45, 2.75) is 43.7 Å². The second-order valence-electron chi connectivity index (χ2n) is 5.03. The van der Waals surface area contributed by atoms with E-state index in [0.717, 1.165) is 31.2 Å². The van der Waals surface area contributed by atoms with Gasteiger partial charge in [0.15, 0.2) is 0 Å². The molecule has 1 aromatic rings. The maximum atomic E-state index is 13.2. The first kappa shape index (κ1) is 13.5. The Labute approximate surface area is 107 Å². The largest absolute Gasteiger partial charge is 0.377 e. The van der Waals surface area contributed by atoms with E-state index in [2.05, 4.69) is 5.43 Å². The molecule has 0 spiro atoms. The van der Waals surface area contributed by atoms with Crippen LogP contribution < -0.4 is 11.3 Å². The highest BCUT2D eigenvalue weighted by Gasteiger charge is 2.41. The molecule has 3 N–H and O–H groups in total. The van der Waals surface area contributed by atoms with Crippen LogP contribution in [0.4, 0.5) is 4.39 Å². The molecule has 4 heteroatoms. The van der Waals surface area contributed by atoms with E-state index in [1.807, 2.05) is 6.07 Å². The zero-order chi connectivity index (χ0) is 13.0. The van der Waals surface area contributed by atoms with Crippen molar-refractivity contribution in [1.82, 2.24) is 5.43 Å². The molecular formula is C14H21FN2O. The van der Waals surface area contributed by atoms with Crippen LogP contribution in [0.5, 0.6) is 0 Å². The van der Waals surface area contributed by atoms with Gasteiger partial charge in [-0.3, -0.25) is 11.3 Å². The minimum Gasteiger partial charge on any atom is -0.377 e. The van der Waals surface area contributed by atoms with E-state index < -0.39 is 0 Å². The Kier molecular flexibility index (Phi) is 4.32. The maximum Gasteiger partial charge on any atom is 0.123 e. The summed E-state index contributed by atoms with van der Waals surface area (Å²) in [5, 5.41) is 0. The molecule has 100 valence electrons. The number of ether oxygens (including phenoxy) is 1. The monoisotopic (exact) mass is 252 g/mol. The van der Waals surface area contributed by atoms with Crippen LogP contribution in [0, 0.1) is 5.82 Å². The van der Waals surface area contributed by atoms with Crippen molar-refractivity contribution in [2.75, 3.05) is 7.11 Å². The predicted octanol–water partition coefficient (Wildman–Crippen LogP) is 2.16. The summed E-state index contributed by atoms with van der Waals surface area (Å²) in [5.74, 6) is 5.47. The van der Waals surface area contributed by atoms with Crippen LogP contribution >= 0.6 is 0 Å². The molecule has 3 nitrogen and oxygen atoms in total. The van der Waals surface area contributed by atoms with E-state index in [0.29, 0.717) is 6.42 Å². The molecule has 2 rings (SSSR count). The van der Waals surface area contributed by atoms with Crippen molar-refractivity contribution in [3.05, 3.63) is 35.6 Å². The fraction of sp³-hybridized carbons (Fsp3) is 0.571. The van der Waals surface area contributed by atoms with Crippen LogP contribution in [0.2, 0.25) is 0 Å². The molecule has 0 amide bonds. The van der Waals surface area contributed by atoms with Gasteiger partial charge in [0.1, 0.15) is 5.82 Å². The average Bonchev–Trinajstić information content (AvgIpc) is 2.86. The van der Waals surface area contributed by atoms with Crippen molar-refractivity contribution in [1.29, 1.82) is 0 Å². The van der Waals surface area contributed by atoms with Crippen LogP contribution in [-0.2, 0) is 11.2 Å². The molecule has 0 aliphatic heterocycles. The van der Waals surface area contributed by atoms with Crippen molar-refractivity contribution in [3.63, 3.8) is 0 Å². The van der Waals surface area contributed by atoms with E-state index >= 15 is 0 Å². The van der Waals surface area contributed by atoms with Crippen LogP contribution in [0.15, 0.2) is 24.3 Å². The third kappa shape index (κ3) is 2.71. The molecule has 0 bridgehead atoms. The van der Waals surface area contributed by atoms with Gasteiger partial charge in [0, 0.05) is 7.11 Å². The maximum absolute atomic E-state index is 13.2. The second kappa shape index (κ2) is 5.78. The Hall–Kier alpha value is -0.970. The number of benzene rings is 1. The third-order valence-electron chi connectivity index (χ3n) is 4.02. The number of methoxy groups -OCH3 is 1. The highest BCUT2D eigenvalue weighted by atomic mass is 19.1. The number of nitrogens with two attached hydrogens (primary N) is 1. The molecule has 1 saturated carbocycles. The van der Waals surface area contributed by atoms with Gasteiger partial charge in [-0.2, -0.15) is 0 Å². The lowest BCUT2D eigenvalue weighted by Crippen LogP contribution is -2.54. The Balaban J connectivity index is 2.13. The van der Waals surface area contributed by atoms with Gasteiger partial charge in [0.2, 0.25) is 0 Å². The number of rotatable bonds is 5. The fourth-order valence-corrected chi connectivity index (χ4v) is 2.96. The third-order valence-corrected chi connectivity index (χ3v) is 4.02. The van der Waals surface area contributed by atoms with Crippen LogP contribution in [0.3, 0.4) is 0 Å². The molecule has 0 radical (unpaired) electrons. The Morgan fingerprint density at radius 3 is 2.72 bits per heavy atom. The van der Waals surface area contributed by atoms with Crippen molar-refractivity contribution >= 4 is 0 Å². The van der Waals surface area contributed by atoms with Crippen LogP contribution in [0.25, 0.3) is 0 Å². The van der Waals surface area contributed by atoms with Crippen molar-refractivity contribution < 1.29 is 9.13 Å². The van der Waals surface area contributed by atoms with E-state index in [-0.39, 0.29) is 17.5 Å². The van der Waals surface area contributed by atoms with Gasteiger partial charge in [-0.05, 0) is 37.0 Å². The first-order valence-electron chi connectivity index (χ1n) is 6.46. The van der Waals surface area contributed by atoms with E-state index in [1.54, 1.807) is 19.2 Å². The van der Waals surface area contributed by atoms with Gasteiger partial charge in [-0.15, -0.1) is 0 Å². The van der Waals surface area contributed by atoms with Gasteiger partial charge in [-0.25, -0.2) is 4.39 Å². The Morgan fingerprint density at radius 2 is 2.17 bits per heavy atom. The summed E-state index contributed by atoms with van der Waals surface area (Å²) >= 11 is 0.